The number of carbonyl (C=O) groups is 1. The number of rotatable bonds is 7. The smallest absolute Gasteiger partial charge is 0.233 e. The largest absolute Gasteiger partial charge is 0.497 e. The zero-order valence-electron chi connectivity index (χ0n) is 16.9. The first kappa shape index (κ1) is 21.2. The average Bonchev–Trinajstić information content (AvgIpc) is 3.48. The number of methoxy groups -OCH3 is 1. The Bertz CT molecular complexity index is 1000. The van der Waals surface area contributed by atoms with E-state index in [0.717, 1.165) is 37.1 Å². The van der Waals surface area contributed by atoms with E-state index in [1.807, 2.05) is 33.7 Å². The molecule has 30 heavy (non-hydrogen) atoms. The van der Waals surface area contributed by atoms with E-state index in [1.54, 1.807) is 13.4 Å². The van der Waals surface area contributed by atoms with Crippen molar-refractivity contribution in [3.8, 4) is 11.4 Å². The van der Waals surface area contributed by atoms with Crippen LogP contribution in [0.1, 0.15) is 32.1 Å². The number of thioether (sulfide) groups is 1. The highest BCUT2D eigenvalue weighted by molar-refractivity contribution is 7.99. The Morgan fingerprint density at radius 3 is 2.77 bits per heavy atom. The maximum Gasteiger partial charge on any atom is 0.233 e. The molecule has 1 amide bonds. The zero-order chi connectivity index (χ0) is 21.1. The normalized spacial score (nSPS) is 21.0. The number of amides is 1. The van der Waals surface area contributed by atoms with Gasteiger partial charge in [0.15, 0.2) is 15.0 Å². The minimum Gasteiger partial charge on any atom is -0.497 e. The number of hydrogen-bond donors (Lipinski definition) is 0. The van der Waals surface area contributed by atoms with Crippen LogP contribution in [0.3, 0.4) is 0 Å². The van der Waals surface area contributed by atoms with Crippen molar-refractivity contribution in [2.45, 2.75) is 49.3 Å². The van der Waals surface area contributed by atoms with Crippen molar-refractivity contribution in [3.63, 3.8) is 0 Å². The summed E-state index contributed by atoms with van der Waals surface area (Å²) in [4.78, 5) is 15.1. The molecule has 1 unspecified atom stereocenters. The van der Waals surface area contributed by atoms with E-state index < -0.39 is 9.84 Å². The second kappa shape index (κ2) is 8.97. The van der Waals surface area contributed by atoms with E-state index in [4.69, 9.17) is 4.74 Å². The summed E-state index contributed by atoms with van der Waals surface area (Å²) in [6, 6.07) is 7.49. The van der Waals surface area contributed by atoms with E-state index in [2.05, 4.69) is 10.2 Å². The summed E-state index contributed by atoms with van der Waals surface area (Å²) in [7, 11) is -1.44. The van der Waals surface area contributed by atoms with Crippen LogP contribution < -0.4 is 4.74 Å². The number of nitrogens with zero attached hydrogens (tertiary/aromatic N) is 4. The lowest BCUT2D eigenvalue weighted by atomic mass is 10.1. The molecule has 1 saturated carbocycles. The maximum absolute atomic E-state index is 13.2. The Labute approximate surface area is 180 Å². The summed E-state index contributed by atoms with van der Waals surface area (Å²) in [6.07, 6.45) is 6.23. The second-order valence-corrected chi connectivity index (χ2v) is 10.9. The van der Waals surface area contributed by atoms with Gasteiger partial charge in [0.2, 0.25) is 5.91 Å². The van der Waals surface area contributed by atoms with Crippen LogP contribution in [0.15, 0.2) is 35.7 Å². The fraction of sp³-hybridized carbons (Fsp3) is 0.550. The van der Waals surface area contributed by atoms with Gasteiger partial charge < -0.3 is 9.64 Å². The van der Waals surface area contributed by atoms with Gasteiger partial charge in [-0.15, -0.1) is 10.2 Å². The molecule has 0 radical (unpaired) electrons. The molecule has 2 aromatic rings. The van der Waals surface area contributed by atoms with Crippen molar-refractivity contribution >= 4 is 27.5 Å². The van der Waals surface area contributed by atoms with E-state index in [9.17, 15) is 13.2 Å². The number of carbonyl (C=O) groups excluding carboxylic acids is 1. The third-order valence-electron chi connectivity index (χ3n) is 5.78. The predicted octanol–water partition coefficient (Wildman–Crippen LogP) is 2.33. The molecule has 1 atom stereocenters. The first-order valence-corrected chi connectivity index (χ1v) is 13.0. The number of hydrogen-bond acceptors (Lipinski definition) is 7. The van der Waals surface area contributed by atoms with Gasteiger partial charge in [0, 0.05) is 18.2 Å². The summed E-state index contributed by atoms with van der Waals surface area (Å²) >= 11 is 1.32. The average molecular weight is 451 g/mol. The minimum absolute atomic E-state index is 0.0193. The molecule has 2 heterocycles. The van der Waals surface area contributed by atoms with E-state index >= 15 is 0 Å². The molecular weight excluding hydrogens is 424 g/mol. The van der Waals surface area contributed by atoms with Gasteiger partial charge in [-0.25, -0.2) is 8.42 Å². The molecule has 1 aliphatic carbocycles. The molecule has 0 N–H and O–H groups in total. The number of aromatic nitrogens is 3. The minimum atomic E-state index is -3.05. The molecule has 10 heteroatoms. The molecule has 0 spiro atoms. The SMILES string of the molecule is COc1cccc(-n2cnnc2SCC(=O)N(C2CCCC2)C2CCS(=O)(=O)C2)c1. The van der Waals surface area contributed by atoms with Crippen LogP contribution in [0.5, 0.6) is 5.75 Å². The predicted molar refractivity (Wildman–Crippen MR) is 115 cm³/mol. The topological polar surface area (TPSA) is 94.4 Å². The van der Waals surface area contributed by atoms with Gasteiger partial charge in [0.1, 0.15) is 12.1 Å². The van der Waals surface area contributed by atoms with Crippen molar-refractivity contribution in [1.82, 2.24) is 19.7 Å². The molecular formula is C20H26N4O4S2. The number of benzene rings is 1. The van der Waals surface area contributed by atoms with Crippen molar-refractivity contribution in [2.24, 2.45) is 0 Å². The zero-order valence-corrected chi connectivity index (χ0v) is 18.6. The first-order chi connectivity index (χ1) is 14.5. The van der Waals surface area contributed by atoms with Gasteiger partial charge in [-0.2, -0.15) is 0 Å². The van der Waals surface area contributed by atoms with Crippen LogP contribution in [0, 0.1) is 0 Å². The Morgan fingerprint density at radius 1 is 1.27 bits per heavy atom. The molecule has 1 aliphatic heterocycles. The van der Waals surface area contributed by atoms with Gasteiger partial charge in [0.05, 0.1) is 30.1 Å². The van der Waals surface area contributed by atoms with Gasteiger partial charge >= 0.3 is 0 Å². The van der Waals surface area contributed by atoms with Crippen molar-refractivity contribution < 1.29 is 17.9 Å². The summed E-state index contributed by atoms with van der Waals surface area (Å²) in [5, 5.41) is 8.78. The maximum atomic E-state index is 13.2. The van der Waals surface area contributed by atoms with Crippen molar-refractivity contribution in [1.29, 1.82) is 0 Å². The lowest BCUT2D eigenvalue weighted by Gasteiger charge is -2.34. The van der Waals surface area contributed by atoms with E-state index in [0.29, 0.717) is 11.6 Å². The van der Waals surface area contributed by atoms with Crippen LogP contribution in [0.4, 0.5) is 0 Å². The fourth-order valence-electron chi connectivity index (χ4n) is 4.34. The van der Waals surface area contributed by atoms with Gasteiger partial charge in [-0.3, -0.25) is 9.36 Å². The molecule has 162 valence electrons. The highest BCUT2D eigenvalue weighted by atomic mass is 32.2. The first-order valence-electron chi connectivity index (χ1n) is 10.2. The van der Waals surface area contributed by atoms with Crippen molar-refractivity contribution in [3.05, 3.63) is 30.6 Å². The molecule has 0 bridgehead atoms. The van der Waals surface area contributed by atoms with Gasteiger partial charge in [0.25, 0.3) is 0 Å². The lowest BCUT2D eigenvalue weighted by molar-refractivity contribution is -0.132. The van der Waals surface area contributed by atoms with Crippen LogP contribution in [-0.4, -0.2) is 70.4 Å². The molecule has 1 saturated heterocycles. The molecule has 4 rings (SSSR count). The van der Waals surface area contributed by atoms with Crippen LogP contribution in [0.25, 0.3) is 5.69 Å². The third-order valence-corrected chi connectivity index (χ3v) is 8.46. The van der Waals surface area contributed by atoms with Gasteiger partial charge in [-0.1, -0.05) is 30.7 Å². The van der Waals surface area contributed by atoms with Crippen LogP contribution in [-0.2, 0) is 14.6 Å². The highest BCUT2D eigenvalue weighted by Crippen LogP contribution is 2.30. The number of sulfone groups is 1. The monoisotopic (exact) mass is 450 g/mol. The molecule has 2 fully saturated rings. The van der Waals surface area contributed by atoms with E-state index in [-0.39, 0.29) is 35.2 Å². The second-order valence-electron chi connectivity index (χ2n) is 7.77. The molecule has 2 aliphatic rings. The highest BCUT2D eigenvalue weighted by Gasteiger charge is 2.38. The quantitative estimate of drug-likeness (QED) is 0.598. The van der Waals surface area contributed by atoms with Crippen LogP contribution >= 0.6 is 11.8 Å². The molecule has 1 aromatic carbocycles. The Hall–Kier alpha value is -2.07. The summed E-state index contributed by atoms with van der Waals surface area (Å²) < 4.78 is 31.1. The van der Waals surface area contributed by atoms with Gasteiger partial charge in [-0.05, 0) is 31.4 Å². The molecule has 1 aromatic heterocycles. The standard InChI is InChI=1S/C20H26N4O4S2/c1-28-18-8-4-7-16(11-18)23-14-21-22-20(23)29-12-19(25)24(15-5-2-3-6-15)17-9-10-30(26,27)13-17/h4,7-8,11,14-15,17H,2-3,5-6,9-10,12-13H2,1H3. The third kappa shape index (κ3) is 4.64. The fourth-order valence-corrected chi connectivity index (χ4v) is 6.85. The number of ether oxygens (including phenoxy) is 1. The summed E-state index contributed by atoms with van der Waals surface area (Å²) in [5.41, 5.74) is 0.851. The Balaban J connectivity index is 1.48. The summed E-state index contributed by atoms with van der Waals surface area (Å²) in [5.74, 6) is 1.17. The summed E-state index contributed by atoms with van der Waals surface area (Å²) in [6.45, 7) is 0. The van der Waals surface area contributed by atoms with Crippen molar-refractivity contribution in [2.75, 3.05) is 24.4 Å². The van der Waals surface area contributed by atoms with Crippen LogP contribution in [0.2, 0.25) is 0 Å². The van der Waals surface area contributed by atoms with E-state index in [1.165, 1.54) is 11.8 Å². The Kier molecular flexibility index (Phi) is 6.33. The molecule has 8 nitrogen and oxygen atoms in total. The lowest BCUT2D eigenvalue weighted by Crippen LogP contribution is -2.47. The Morgan fingerprint density at radius 2 is 2.07 bits per heavy atom.